The summed E-state index contributed by atoms with van der Waals surface area (Å²) in [5, 5.41) is 13.2. The van der Waals surface area contributed by atoms with E-state index >= 15 is 0 Å². The van der Waals surface area contributed by atoms with Crippen molar-refractivity contribution in [2.75, 3.05) is 13.7 Å². The molecule has 0 aliphatic rings. The van der Waals surface area contributed by atoms with Crippen molar-refractivity contribution in [2.24, 2.45) is 0 Å². The molecule has 0 bridgehead atoms. The van der Waals surface area contributed by atoms with Crippen LogP contribution in [0.3, 0.4) is 0 Å². The minimum absolute atomic E-state index is 0.0870. The normalized spacial score (nSPS) is 12.6. The van der Waals surface area contributed by atoms with Crippen molar-refractivity contribution in [1.29, 1.82) is 0 Å². The largest absolute Gasteiger partial charge is 0.480 e. The zero-order valence-electron chi connectivity index (χ0n) is 8.15. The van der Waals surface area contributed by atoms with E-state index in [1.807, 2.05) is 0 Å². The number of H-pyrrole nitrogens is 1. The van der Waals surface area contributed by atoms with E-state index in [0.29, 0.717) is 12.2 Å². The molecule has 3 N–H and O–H groups in total. The van der Waals surface area contributed by atoms with Gasteiger partial charge in [0, 0.05) is 24.7 Å². The zero-order chi connectivity index (χ0) is 11.3. The Morgan fingerprint density at radius 3 is 3.00 bits per heavy atom. The Morgan fingerprint density at radius 2 is 2.53 bits per heavy atom. The third-order valence-corrected chi connectivity index (χ3v) is 2.46. The number of aliphatic carboxylic acids is 1. The highest BCUT2D eigenvalue weighted by molar-refractivity contribution is 7.07. The number of carboxylic acid groups (broad SMARTS) is 1. The smallest absolute Gasteiger partial charge is 0.323 e. The molecule has 0 aliphatic carbocycles. The summed E-state index contributed by atoms with van der Waals surface area (Å²) in [6, 6.07) is -0.765. The lowest BCUT2D eigenvalue weighted by Crippen LogP contribution is -2.39. The summed E-state index contributed by atoms with van der Waals surface area (Å²) in [6.45, 7) is 0.392. The van der Waals surface area contributed by atoms with Crippen LogP contribution in [-0.2, 0) is 16.1 Å². The fraction of sp³-hybridized carbons (Fsp3) is 0.500. The maximum atomic E-state index is 10.8. The van der Waals surface area contributed by atoms with Crippen molar-refractivity contribution >= 4 is 17.3 Å². The maximum Gasteiger partial charge on any atom is 0.323 e. The summed E-state index contributed by atoms with van der Waals surface area (Å²) >= 11 is 1.05. The number of nitrogens with one attached hydrogen (secondary N) is 2. The standard InChI is InChI=1S/C8H12N2O4S/c1-14-3-6(7(11)12)9-2-5-4-15-8(13)10-5/h4,6,9H,2-3H2,1H3,(H,10,13)(H,11,12). The van der Waals surface area contributed by atoms with Gasteiger partial charge in [-0.1, -0.05) is 11.3 Å². The van der Waals surface area contributed by atoms with Crippen molar-refractivity contribution in [3.8, 4) is 0 Å². The van der Waals surface area contributed by atoms with Crippen LogP contribution in [0.25, 0.3) is 0 Å². The molecular formula is C8H12N2O4S. The number of carbonyl (C=O) groups is 1. The molecule has 1 heterocycles. The first-order valence-electron chi connectivity index (χ1n) is 4.25. The summed E-state index contributed by atoms with van der Waals surface area (Å²) in [4.78, 5) is 23.9. The minimum atomic E-state index is -0.977. The molecule has 0 amide bonds. The van der Waals surface area contributed by atoms with Crippen LogP contribution >= 0.6 is 11.3 Å². The zero-order valence-corrected chi connectivity index (χ0v) is 8.97. The second-order valence-electron chi connectivity index (χ2n) is 2.90. The van der Waals surface area contributed by atoms with Crippen LogP contribution in [0.5, 0.6) is 0 Å². The molecule has 0 fully saturated rings. The van der Waals surface area contributed by atoms with Crippen molar-refractivity contribution in [2.45, 2.75) is 12.6 Å². The highest BCUT2D eigenvalue weighted by Gasteiger charge is 2.16. The number of carboxylic acids is 1. The van der Waals surface area contributed by atoms with Crippen molar-refractivity contribution in [1.82, 2.24) is 10.3 Å². The van der Waals surface area contributed by atoms with Crippen molar-refractivity contribution in [3.63, 3.8) is 0 Å². The lowest BCUT2D eigenvalue weighted by Gasteiger charge is -2.12. The van der Waals surface area contributed by atoms with E-state index < -0.39 is 12.0 Å². The third-order valence-electron chi connectivity index (χ3n) is 1.74. The molecule has 1 rings (SSSR count). The Labute approximate surface area is 89.9 Å². The lowest BCUT2D eigenvalue weighted by atomic mass is 10.3. The van der Waals surface area contributed by atoms with E-state index in [4.69, 9.17) is 9.84 Å². The predicted octanol–water partition coefficient (Wildman–Crippen LogP) is -0.374. The van der Waals surface area contributed by atoms with Gasteiger partial charge in [0.2, 0.25) is 0 Å². The fourth-order valence-corrected chi connectivity index (χ4v) is 1.60. The number of ether oxygens (including phenoxy) is 1. The van der Waals surface area contributed by atoms with Gasteiger partial charge in [-0.05, 0) is 0 Å². The van der Waals surface area contributed by atoms with Crippen LogP contribution in [0.15, 0.2) is 10.2 Å². The quantitative estimate of drug-likeness (QED) is 0.622. The van der Waals surface area contributed by atoms with Gasteiger partial charge in [-0.25, -0.2) is 0 Å². The minimum Gasteiger partial charge on any atom is -0.480 e. The second-order valence-corrected chi connectivity index (χ2v) is 3.74. The molecule has 15 heavy (non-hydrogen) atoms. The molecule has 0 radical (unpaired) electrons. The molecule has 84 valence electrons. The van der Waals surface area contributed by atoms with Gasteiger partial charge in [0.25, 0.3) is 0 Å². The predicted molar refractivity (Wildman–Crippen MR) is 55.1 cm³/mol. The van der Waals surface area contributed by atoms with Gasteiger partial charge >= 0.3 is 10.8 Å². The van der Waals surface area contributed by atoms with Crippen LogP contribution in [0.1, 0.15) is 5.69 Å². The van der Waals surface area contributed by atoms with Gasteiger partial charge < -0.3 is 14.8 Å². The van der Waals surface area contributed by atoms with E-state index in [9.17, 15) is 9.59 Å². The van der Waals surface area contributed by atoms with Gasteiger partial charge in [0.05, 0.1) is 6.61 Å². The topological polar surface area (TPSA) is 91.4 Å². The Kier molecular flexibility index (Phi) is 4.47. The summed E-state index contributed by atoms with van der Waals surface area (Å²) < 4.78 is 4.75. The van der Waals surface area contributed by atoms with Gasteiger partial charge in [-0.2, -0.15) is 0 Å². The Bertz CT molecular complexity index is 373. The van der Waals surface area contributed by atoms with Gasteiger partial charge in [-0.3, -0.25) is 14.9 Å². The lowest BCUT2D eigenvalue weighted by molar-refractivity contribution is -0.140. The number of aromatic nitrogens is 1. The number of thiazole rings is 1. The molecule has 0 aromatic carbocycles. The number of hydrogen-bond donors (Lipinski definition) is 3. The first-order valence-corrected chi connectivity index (χ1v) is 5.13. The first kappa shape index (κ1) is 11.9. The highest BCUT2D eigenvalue weighted by atomic mass is 32.1. The SMILES string of the molecule is COCC(NCc1csc(=O)[nH]1)C(=O)O. The van der Waals surface area contributed by atoms with Gasteiger partial charge in [-0.15, -0.1) is 0 Å². The molecule has 0 saturated heterocycles. The van der Waals surface area contributed by atoms with Crippen molar-refractivity contribution < 1.29 is 14.6 Å². The summed E-state index contributed by atoms with van der Waals surface area (Å²) in [7, 11) is 1.43. The fourth-order valence-electron chi connectivity index (χ4n) is 1.02. The molecule has 1 aromatic rings. The van der Waals surface area contributed by atoms with E-state index in [-0.39, 0.29) is 11.5 Å². The third kappa shape index (κ3) is 3.82. The average Bonchev–Trinajstić information content (AvgIpc) is 2.58. The molecule has 1 unspecified atom stereocenters. The van der Waals surface area contributed by atoms with E-state index in [1.54, 1.807) is 5.38 Å². The number of hydrogen-bond acceptors (Lipinski definition) is 5. The van der Waals surface area contributed by atoms with Crippen LogP contribution in [0.4, 0.5) is 0 Å². The van der Waals surface area contributed by atoms with Crippen LogP contribution in [0, 0.1) is 0 Å². The number of methoxy groups -OCH3 is 1. The summed E-state index contributed by atoms with van der Waals surface area (Å²) in [5.74, 6) is -0.977. The molecule has 0 aliphatic heterocycles. The van der Waals surface area contributed by atoms with Crippen molar-refractivity contribution in [3.05, 3.63) is 20.7 Å². The average molecular weight is 232 g/mol. The molecular weight excluding hydrogens is 220 g/mol. The van der Waals surface area contributed by atoms with E-state index in [1.165, 1.54) is 7.11 Å². The Balaban J connectivity index is 2.46. The highest BCUT2D eigenvalue weighted by Crippen LogP contribution is 1.96. The van der Waals surface area contributed by atoms with Crippen LogP contribution < -0.4 is 10.2 Å². The summed E-state index contributed by atoms with van der Waals surface area (Å²) in [6.07, 6.45) is 0. The summed E-state index contributed by atoms with van der Waals surface area (Å²) in [5.41, 5.74) is 0.673. The molecule has 1 atom stereocenters. The molecule has 0 spiro atoms. The van der Waals surface area contributed by atoms with Crippen LogP contribution in [-0.4, -0.2) is 35.8 Å². The van der Waals surface area contributed by atoms with Crippen LogP contribution in [0.2, 0.25) is 0 Å². The monoisotopic (exact) mass is 232 g/mol. The first-order chi connectivity index (χ1) is 7.13. The Hall–Kier alpha value is -1.18. The molecule has 0 saturated carbocycles. The maximum absolute atomic E-state index is 10.8. The van der Waals surface area contributed by atoms with E-state index in [2.05, 4.69) is 10.3 Å². The Morgan fingerprint density at radius 1 is 1.80 bits per heavy atom. The molecule has 6 nitrogen and oxygen atoms in total. The number of rotatable bonds is 6. The van der Waals surface area contributed by atoms with E-state index in [0.717, 1.165) is 11.3 Å². The molecule has 1 aromatic heterocycles. The second kappa shape index (κ2) is 5.64. The van der Waals surface area contributed by atoms with Gasteiger partial charge in [0.15, 0.2) is 0 Å². The van der Waals surface area contributed by atoms with Gasteiger partial charge in [0.1, 0.15) is 6.04 Å². The molecule has 7 heteroatoms. The number of aromatic amines is 1.